The van der Waals surface area contributed by atoms with Crippen LogP contribution in [0.4, 0.5) is 10.7 Å². The van der Waals surface area contributed by atoms with Crippen molar-refractivity contribution in [3.63, 3.8) is 0 Å². The van der Waals surface area contributed by atoms with Gasteiger partial charge in [-0.1, -0.05) is 104 Å². The lowest BCUT2D eigenvalue weighted by molar-refractivity contribution is -0.128. The summed E-state index contributed by atoms with van der Waals surface area (Å²) in [6.07, 6.45) is 5.88. The number of nitrogens with zero attached hydrogens (tertiary/aromatic N) is 2. The highest BCUT2D eigenvalue weighted by Crippen LogP contribution is 2.59. The molecule has 0 radical (unpaired) electrons. The van der Waals surface area contributed by atoms with Crippen molar-refractivity contribution in [3.05, 3.63) is 154 Å². The van der Waals surface area contributed by atoms with Crippen LogP contribution in [-0.2, 0) is 66.7 Å². The van der Waals surface area contributed by atoms with E-state index >= 15 is 0 Å². The third-order valence-electron chi connectivity index (χ3n) is 13.5. The van der Waals surface area contributed by atoms with Crippen LogP contribution < -0.4 is 26.0 Å². The molecule has 4 amide bonds. The van der Waals surface area contributed by atoms with Crippen LogP contribution in [0.25, 0.3) is 0 Å². The second-order valence-electron chi connectivity index (χ2n) is 19.6. The first-order valence-electron chi connectivity index (χ1n) is 24.1. The normalized spacial score (nSPS) is 19.9. The van der Waals surface area contributed by atoms with E-state index in [0.29, 0.717) is 24.4 Å². The van der Waals surface area contributed by atoms with Gasteiger partial charge in [0.25, 0.3) is 5.91 Å². The molecule has 362 valence electrons. The third-order valence-corrected chi connectivity index (χ3v) is 13.5. The van der Waals surface area contributed by atoms with Gasteiger partial charge >= 0.3 is 6.09 Å². The van der Waals surface area contributed by atoms with Crippen LogP contribution in [0, 0.1) is 11.8 Å². The van der Waals surface area contributed by atoms with E-state index in [1.807, 2.05) is 85.1 Å². The molecule has 5 aromatic rings. The van der Waals surface area contributed by atoms with E-state index in [1.54, 1.807) is 20.8 Å². The van der Waals surface area contributed by atoms with Gasteiger partial charge in [-0.25, -0.2) is 14.8 Å². The molecule has 4 N–H and O–H groups in total. The van der Waals surface area contributed by atoms with Crippen LogP contribution in [-0.4, -0.2) is 71.2 Å². The number of ether oxygens (including phenoxy) is 4. The largest absolute Gasteiger partial charge is 0.489 e. The van der Waals surface area contributed by atoms with Crippen LogP contribution >= 0.6 is 0 Å². The lowest BCUT2D eigenvalue weighted by atomic mass is 9.55. The first kappa shape index (κ1) is 48.8. The zero-order valence-corrected chi connectivity index (χ0v) is 40.0. The number of benzene rings is 4. The molecule has 3 aliphatic rings. The molecule has 14 nitrogen and oxygen atoms in total. The number of aromatic nitrogens is 2. The minimum atomic E-state index is -1.10. The van der Waals surface area contributed by atoms with Crippen LogP contribution in [0.5, 0.6) is 5.75 Å². The van der Waals surface area contributed by atoms with E-state index in [2.05, 4.69) is 63.5 Å². The smallest absolute Gasteiger partial charge is 0.408 e. The molecule has 0 spiro atoms. The summed E-state index contributed by atoms with van der Waals surface area (Å²) in [7, 11) is 0. The number of fused-ring (bicyclic) bond motifs is 7. The number of aryl methyl sites for hydroxylation is 1. The Morgan fingerprint density at radius 2 is 1.38 bits per heavy atom. The second-order valence-corrected chi connectivity index (χ2v) is 19.6. The van der Waals surface area contributed by atoms with E-state index in [-0.39, 0.29) is 50.8 Å². The number of hydrogen-bond donors (Lipinski definition) is 4. The Hall–Kier alpha value is -6.64. The molecule has 1 fully saturated rings. The number of carbonyl (C=O) groups is 4. The van der Waals surface area contributed by atoms with Crippen molar-refractivity contribution in [1.29, 1.82) is 0 Å². The van der Waals surface area contributed by atoms with Crippen molar-refractivity contribution in [2.24, 2.45) is 11.8 Å². The quantitative estimate of drug-likeness (QED) is 0.0637. The average molecular weight is 937 g/mol. The molecule has 8 rings (SSSR count). The maximum atomic E-state index is 14.0. The minimum absolute atomic E-state index is 0.0829. The van der Waals surface area contributed by atoms with Crippen molar-refractivity contribution in [2.45, 2.75) is 115 Å². The van der Waals surface area contributed by atoms with Crippen molar-refractivity contribution < 1.29 is 38.1 Å². The van der Waals surface area contributed by atoms with Crippen molar-refractivity contribution in [1.82, 2.24) is 25.9 Å². The number of alkyl carbamates (subject to hydrolysis) is 1. The fraction of sp³-hybridized carbons (Fsp3) is 0.418. The first-order valence-corrected chi connectivity index (χ1v) is 24.1. The Balaban J connectivity index is 0.884. The van der Waals surface area contributed by atoms with Crippen molar-refractivity contribution in [3.8, 4) is 5.75 Å². The van der Waals surface area contributed by atoms with Gasteiger partial charge in [0.1, 0.15) is 30.0 Å². The van der Waals surface area contributed by atoms with Crippen LogP contribution in [0.15, 0.2) is 115 Å². The number of hydrogen-bond acceptors (Lipinski definition) is 10. The van der Waals surface area contributed by atoms with Gasteiger partial charge in [-0.3, -0.25) is 19.7 Å². The van der Waals surface area contributed by atoms with Gasteiger partial charge in [0.2, 0.25) is 17.8 Å². The number of anilines is 1. The maximum Gasteiger partial charge on any atom is 0.408 e. The molecular formula is C55H64N6O8. The molecule has 4 aromatic carbocycles. The van der Waals surface area contributed by atoms with Gasteiger partial charge in [0.05, 0.1) is 32.1 Å². The molecule has 3 aliphatic carbocycles. The van der Waals surface area contributed by atoms with Gasteiger partial charge in [0.15, 0.2) is 0 Å². The van der Waals surface area contributed by atoms with Crippen LogP contribution in [0.1, 0.15) is 98.4 Å². The van der Waals surface area contributed by atoms with Gasteiger partial charge in [-0.15, -0.1) is 0 Å². The van der Waals surface area contributed by atoms with Gasteiger partial charge in [-0.2, -0.15) is 0 Å². The van der Waals surface area contributed by atoms with E-state index in [4.69, 9.17) is 23.9 Å². The Morgan fingerprint density at radius 1 is 0.754 bits per heavy atom. The molecule has 1 heterocycles. The molecule has 1 saturated carbocycles. The second kappa shape index (κ2) is 22.2. The SMILES string of the molecule is CC(C)(C)OC(=O)N[C@@H](COCc1ccccc1)C(=O)NCCC(=O)N[C@@H](COCc1ccccc1)C(=O)Nc1ncc2c(n1)[C@@]1(C)CC[C@@H]3c4ccc(OCc5ccccc5)cc4CC[C@H]3[C@@H]1C2. The molecule has 0 saturated heterocycles. The molecule has 6 atom stereocenters. The highest BCUT2D eigenvalue weighted by atomic mass is 16.6. The Bertz CT molecular complexity index is 2560. The molecule has 0 bridgehead atoms. The summed E-state index contributed by atoms with van der Waals surface area (Å²) in [4.78, 5) is 63.2. The van der Waals surface area contributed by atoms with Crippen LogP contribution in [0.2, 0.25) is 0 Å². The zero-order chi connectivity index (χ0) is 48.4. The van der Waals surface area contributed by atoms with E-state index in [0.717, 1.165) is 65.8 Å². The van der Waals surface area contributed by atoms with Gasteiger partial charge in [0, 0.05) is 24.6 Å². The summed E-state index contributed by atoms with van der Waals surface area (Å²) in [5.41, 5.74) is 6.89. The first-order chi connectivity index (χ1) is 33.3. The Kier molecular flexibility index (Phi) is 15.7. The van der Waals surface area contributed by atoms with Gasteiger partial charge in [-0.05, 0) is 116 Å². The Labute approximate surface area is 404 Å². The highest BCUT2D eigenvalue weighted by Gasteiger charge is 2.54. The van der Waals surface area contributed by atoms with E-state index < -0.39 is 41.5 Å². The van der Waals surface area contributed by atoms with E-state index in [9.17, 15) is 19.2 Å². The number of rotatable bonds is 19. The number of nitrogens with one attached hydrogen (secondary N) is 4. The monoisotopic (exact) mass is 936 g/mol. The molecule has 14 heteroatoms. The fourth-order valence-corrected chi connectivity index (χ4v) is 10.2. The van der Waals surface area contributed by atoms with Crippen molar-refractivity contribution >= 4 is 29.8 Å². The maximum absolute atomic E-state index is 14.0. The number of amides is 4. The topological polar surface area (TPSA) is 179 Å². The molecular weight excluding hydrogens is 873 g/mol. The summed E-state index contributed by atoms with van der Waals surface area (Å²) < 4.78 is 23.3. The summed E-state index contributed by atoms with van der Waals surface area (Å²) in [5.74, 6) is 0.826. The molecule has 69 heavy (non-hydrogen) atoms. The van der Waals surface area contributed by atoms with E-state index in [1.165, 1.54) is 11.1 Å². The zero-order valence-electron chi connectivity index (χ0n) is 40.0. The predicted octanol–water partition coefficient (Wildman–Crippen LogP) is 7.88. The molecule has 0 unspecified atom stereocenters. The summed E-state index contributed by atoms with van der Waals surface area (Å²) in [5, 5.41) is 11.0. The lowest BCUT2D eigenvalue weighted by Gasteiger charge is -2.49. The average Bonchev–Trinajstić information content (AvgIpc) is 3.64. The summed E-state index contributed by atoms with van der Waals surface area (Å²) in [6.45, 7) is 8.12. The lowest BCUT2D eigenvalue weighted by Crippen LogP contribution is -2.51. The number of carbonyl (C=O) groups excluding carboxylic acids is 4. The van der Waals surface area contributed by atoms with Crippen LogP contribution in [0.3, 0.4) is 0 Å². The fourth-order valence-electron chi connectivity index (χ4n) is 10.2. The standard InChI is InChI=1S/C55H64N6O8/c1-54(2,3)69-53(65)59-46(34-66-31-36-14-8-5-9-15-36)50(63)56-27-25-48(62)58-47(35-67-32-37-16-10-6-11-17-37)51(64)61-52-57-30-40-29-45-44-22-20-39-28-41(68-33-38-18-12-7-13-19-38)21-23-42(39)43(44)24-26-55(45,4)49(40)60-52/h5-19,21,23,28,30,43-47H,20,22,24-27,29,31-35H2,1-4H3,(H,56,63)(H,58,62)(H,59,65)(H,57,60,61,64)/t43-,44-,45+,46+,47+,55+/m1/s1. The van der Waals surface area contributed by atoms with Crippen molar-refractivity contribution in [2.75, 3.05) is 25.1 Å². The Morgan fingerprint density at radius 3 is 2.01 bits per heavy atom. The summed E-state index contributed by atoms with van der Waals surface area (Å²) >= 11 is 0. The minimum Gasteiger partial charge on any atom is -0.489 e. The summed E-state index contributed by atoms with van der Waals surface area (Å²) in [6, 6.07) is 33.6. The third kappa shape index (κ3) is 12.7. The highest BCUT2D eigenvalue weighted by molar-refractivity contribution is 5.96. The molecule has 0 aliphatic heterocycles. The predicted molar refractivity (Wildman–Crippen MR) is 261 cm³/mol. The molecule has 1 aromatic heterocycles. The van der Waals surface area contributed by atoms with Gasteiger partial charge < -0.3 is 34.9 Å².